The Labute approximate surface area is 132 Å². The number of pyridine rings is 1. The van der Waals surface area contributed by atoms with Gasteiger partial charge in [0.05, 0.1) is 11.7 Å². The zero-order valence-corrected chi connectivity index (χ0v) is 13.9. The fourth-order valence-electron chi connectivity index (χ4n) is 2.45. The van der Waals surface area contributed by atoms with E-state index in [0.717, 1.165) is 17.7 Å². The molecule has 0 saturated heterocycles. The largest absolute Gasteiger partial charge is 0.334 e. The molecule has 5 heteroatoms. The van der Waals surface area contributed by atoms with E-state index in [0.29, 0.717) is 11.6 Å². The molecule has 2 heterocycles. The molecule has 0 aliphatic carbocycles. The molecule has 0 aliphatic rings. The summed E-state index contributed by atoms with van der Waals surface area (Å²) in [5, 5.41) is 4.44. The van der Waals surface area contributed by atoms with Crippen LogP contribution < -0.4 is 0 Å². The highest BCUT2D eigenvalue weighted by Crippen LogP contribution is 2.20. The summed E-state index contributed by atoms with van der Waals surface area (Å²) in [6, 6.07) is 5.73. The second kappa shape index (κ2) is 6.73. The average Bonchev–Trinajstić information content (AvgIpc) is 2.85. The van der Waals surface area contributed by atoms with E-state index >= 15 is 0 Å². The van der Waals surface area contributed by atoms with Gasteiger partial charge in [-0.3, -0.25) is 14.5 Å². The molecule has 0 N–H and O–H groups in total. The van der Waals surface area contributed by atoms with Crippen LogP contribution in [0.5, 0.6) is 0 Å². The zero-order valence-electron chi connectivity index (χ0n) is 13.9. The van der Waals surface area contributed by atoms with Gasteiger partial charge in [0, 0.05) is 26.5 Å². The van der Waals surface area contributed by atoms with E-state index < -0.39 is 0 Å². The van der Waals surface area contributed by atoms with Crippen molar-refractivity contribution in [2.24, 2.45) is 13.0 Å². The van der Waals surface area contributed by atoms with Crippen LogP contribution in [-0.2, 0) is 13.5 Å². The van der Waals surface area contributed by atoms with Gasteiger partial charge in [-0.25, -0.2) is 0 Å². The summed E-state index contributed by atoms with van der Waals surface area (Å²) >= 11 is 0. The van der Waals surface area contributed by atoms with E-state index in [-0.39, 0.29) is 11.9 Å². The minimum atomic E-state index is -0.0374. The third-order valence-corrected chi connectivity index (χ3v) is 3.84. The molecule has 0 fully saturated rings. The summed E-state index contributed by atoms with van der Waals surface area (Å²) in [5.41, 5.74) is 2.60. The molecule has 2 rings (SSSR count). The van der Waals surface area contributed by atoms with Gasteiger partial charge in [-0.1, -0.05) is 19.9 Å². The highest BCUT2D eigenvalue weighted by molar-refractivity contribution is 5.92. The number of amides is 1. The van der Waals surface area contributed by atoms with Crippen LogP contribution in [-0.4, -0.2) is 32.6 Å². The molecule has 118 valence electrons. The molecule has 0 aliphatic heterocycles. The van der Waals surface area contributed by atoms with Gasteiger partial charge in [-0.2, -0.15) is 5.10 Å². The van der Waals surface area contributed by atoms with Gasteiger partial charge in [-0.15, -0.1) is 0 Å². The lowest BCUT2D eigenvalue weighted by Gasteiger charge is -2.25. The van der Waals surface area contributed by atoms with Gasteiger partial charge in [0.25, 0.3) is 5.91 Å². The smallest absolute Gasteiger partial charge is 0.272 e. The molecule has 5 nitrogen and oxygen atoms in total. The summed E-state index contributed by atoms with van der Waals surface area (Å²) in [6.07, 6.45) is 4.40. The Hall–Kier alpha value is -2.17. The normalized spacial score (nSPS) is 12.5. The van der Waals surface area contributed by atoms with Gasteiger partial charge in [-0.05, 0) is 37.0 Å². The third-order valence-electron chi connectivity index (χ3n) is 3.84. The van der Waals surface area contributed by atoms with Crippen LogP contribution in [0.1, 0.15) is 48.6 Å². The van der Waals surface area contributed by atoms with Gasteiger partial charge in [0.15, 0.2) is 0 Å². The summed E-state index contributed by atoms with van der Waals surface area (Å²) in [4.78, 5) is 18.6. The Morgan fingerprint density at radius 2 is 2.09 bits per heavy atom. The van der Waals surface area contributed by atoms with Crippen LogP contribution >= 0.6 is 0 Å². The van der Waals surface area contributed by atoms with Crippen molar-refractivity contribution in [1.82, 2.24) is 19.7 Å². The van der Waals surface area contributed by atoms with Crippen LogP contribution in [0, 0.1) is 5.92 Å². The summed E-state index contributed by atoms with van der Waals surface area (Å²) in [6.45, 7) is 6.29. The van der Waals surface area contributed by atoms with E-state index in [4.69, 9.17) is 0 Å². The monoisotopic (exact) mass is 300 g/mol. The van der Waals surface area contributed by atoms with Crippen molar-refractivity contribution in [3.63, 3.8) is 0 Å². The molecule has 0 unspecified atom stereocenters. The summed E-state index contributed by atoms with van der Waals surface area (Å²) in [5.74, 6) is 0.492. The molecule has 2 aromatic rings. The van der Waals surface area contributed by atoms with E-state index in [1.807, 2.05) is 39.2 Å². The molecule has 22 heavy (non-hydrogen) atoms. The minimum absolute atomic E-state index is 0.0265. The number of nitrogens with zero attached hydrogens (tertiary/aromatic N) is 4. The molecule has 0 saturated carbocycles. The lowest BCUT2D eigenvalue weighted by molar-refractivity contribution is 0.0731. The van der Waals surface area contributed by atoms with Crippen LogP contribution in [0.2, 0.25) is 0 Å². The van der Waals surface area contributed by atoms with Crippen LogP contribution in [0.4, 0.5) is 0 Å². The summed E-state index contributed by atoms with van der Waals surface area (Å²) < 4.78 is 1.67. The molecular weight excluding hydrogens is 276 g/mol. The van der Waals surface area contributed by atoms with Gasteiger partial charge in [0.1, 0.15) is 5.69 Å². The highest BCUT2D eigenvalue weighted by Gasteiger charge is 2.22. The number of aromatic nitrogens is 3. The Bertz CT molecular complexity index is 633. The van der Waals surface area contributed by atoms with Crippen LogP contribution in [0.25, 0.3) is 0 Å². The Morgan fingerprint density at radius 3 is 2.68 bits per heavy atom. The SMILES string of the molecule is CC(C)Cc1cc(C(=O)N(C)[C@H](C)c2cccnc2)n(C)n1. The molecule has 0 radical (unpaired) electrons. The maximum atomic E-state index is 12.7. The molecule has 2 aromatic heterocycles. The molecular formula is C17H24N4O. The molecule has 1 amide bonds. The molecule has 0 aromatic carbocycles. The van der Waals surface area contributed by atoms with Crippen molar-refractivity contribution < 1.29 is 4.79 Å². The highest BCUT2D eigenvalue weighted by atomic mass is 16.2. The van der Waals surface area contributed by atoms with E-state index in [9.17, 15) is 4.79 Å². The number of carbonyl (C=O) groups is 1. The lowest BCUT2D eigenvalue weighted by Crippen LogP contribution is -2.31. The number of aryl methyl sites for hydroxylation is 1. The number of hydrogen-bond donors (Lipinski definition) is 0. The van der Waals surface area contributed by atoms with Crippen molar-refractivity contribution in [3.05, 3.63) is 47.5 Å². The number of hydrogen-bond acceptors (Lipinski definition) is 3. The van der Waals surface area contributed by atoms with Crippen LogP contribution in [0.3, 0.4) is 0 Å². The van der Waals surface area contributed by atoms with E-state index in [1.165, 1.54) is 0 Å². The molecule has 0 spiro atoms. The van der Waals surface area contributed by atoms with Gasteiger partial charge >= 0.3 is 0 Å². The Balaban J connectivity index is 2.18. The first-order valence-electron chi connectivity index (χ1n) is 7.60. The fraction of sp³-hybridized carbons (Fsp3) is 0.471. The second-order valence-corrected chi connectivity index (χ2v) is 6.12. The van der Waals surface area contributed by atoms with Crippen molar-refractivity contribution >= 4 is 5.91 Å². The maximum Gasteiger partial charge on any atom is 0.272 e. The zero-order chi connectivity index (χ0) is 16.3. The first-order chi connectivity index (χ1) is 10.4. The number of rotatable bonds is 5. The predicted molar refractivity (Wildman–Crippen MR) is 86.5 cm³/mol. The molecule has 1 atom stereocenters. The first kappa shape index (κ1) is 16.2. The van der Waals surface area contributed by atoms with Gasteiger partial charge in [0.2, 0.25) is 0 Å². The standard InChI is InChI=1S/C17H24N4O/c1-12(2)9-15-10-16(21(5)19-15)17(22)20(4)13(3)14-7-6-8-18-11-14/h6-8,10-13H,9H2,1-5H3/t13-/m1/s1. The van der Waals surface area contributed by atoms with Crippen LogP contribution in [0.15, 0.2) is 30.6 Å². The summed E-state index contributed by atoms with van der Waals surface area (Å²) in [7, 11) is 3.63. The predicted octanol–water partition coefficient (Wildman–Crippen LogP) is 2.85. The van der Waals surface area contributed by atoms with Gasteiger partial charge < -0.3 is 4.90 Å². The topological polar surface area (TPSA) is 51.0 Å². The van der Waals surface area contributed by atoms with Crippen molar-refractivity contribution in [2.45, 2.75) is 33.2 Å². The lowest BCUT2D eigenvalue weighted by atomic mass is 10.1. The minimum Gasteiger partial charge on any atom is -0.334 e. The average molecular weight is 300 g/mol. The quantitative estimate of drug-likeness (QED) is 0.853. The second-order valence-electron chi connectivity index (χ2n) is 6.12. The van der Waals surface area contributed by atoms with Crippen molar-refractivity contribution in [2.75, 3.05) is 7.05 Å². The van der Waals surface area contributed by atoms with Crippen molar-refractivity contribution in [3.8, 4) is 0 Å². The Kier molecular flexibility index (Phi) is 4.96. The number of carbonyl (C=O) groups excluding carboxylic acids is 1. The fourth-order valence-corrected chi connectivity index (χ4v) is 2.45. The maximum absolute atomic E-state index is 12.7. The van der Waals surface area contributed by atoms with E-state index in [2.05, 4.69) is 23.9 Å². The molecule has 0 bridgehead atoms. The van der Waals surface area contributed by atoms with Crippen molar-refractivity contribution in [1.29, 1.82) is 0 Å². The Morgan fingerprint density at radius 1 is 1.36 bits per heavy atom. The third kappa shape index (κ3) is 3.53. The van der Waals surface area contributed by atoms with E-state index in [1.54, 1.807) is 22.0 Å². The first-order valence-corrected chi connectivity index (χ1v) is 7.60.